The van der Waals surface area contributed by atoms with E-state index in [0.717, 1.165) is 0 Å². The third-order valence-electron chi connectivity index (χ3n) is 4.18. The van der Waals surface area contributed by atoms with Crippen LogP contribution >= 0.6 is 24.8 Å². The second-order valence-electron chi connectivity index (χ2n) is 5.94. The minimum absolute atomic E-state index is 0. The van der Waals surface area contributed by atoms with E-state index < -0.39 is 24.7 Å². The maximum atomic E-state index is 13.3. The van der Waals surface area contributed by atoms with E-state index in [2.05, 4.69) is 20.7 Å². The minimum Gasteiger partial charge on any atom is -0.350 e. The van der Waals surface area contributed by atoms with Crippen molar-refractivity contribution in [2.75, 3.05) is 32.7 Å². The van der Waals surface area contributed by atoms with Gasteiger partial charge in [0, 0.05) is 45.1 Å². The van der Waals surface area contributed by atoms with Gasteiger partial charge in [0.05, 0.1) is 23.6 Å². The highest BCUT2D eigenvalue weighted by Gasteiger charge is 2.43. The van der Waals surface area contributed by atoms with Crippen molar-refractivity contribution >= 4 is 30.7 Å². The predicted octanol–water partition coefficient (Wildman–Crippen LogP) is 1.68. The van der Waals surface area contributed by atoms with Gasteiger partial charge < -0.3 is 10.6 Å². The Balaban J connectivity index is 0.00000196. The fourth-order valence-corrected chi connectivity index (χ4v) is 2.81. The summed E-state index contributed by atoms with van der Waals surface area (Å²) in [6.45, 7) is 1.08. The lowest BCUT2D eigenvalue weighted by atomic mass is 10.2. The molecule has 2 N–H and O–H groups in total. The second kappa shape index (κ2) is 10.6. The van der Waals surface area contributed by atoms with Gasteiger partial charge in [0.15, 0.2) is 0 Å². The molecule has 2 aromatic rings. The Hall–Kier alpha value is -1.88. The molecule has 1 saturated heterocycles. The number of rotatable bonds is 5. The zero-order valence-corrected chi connectivity index (χ0v) is 16.4. The van der Waals surface area contributed by atoms with Crippen LogP contribution in [0.2, 0.25) is 0 Å². The first-order valence-corrected chi connectivity index (χ1v) is 8.20. The van der Waals surface area contributed by atoms with Crippen LogP contribution in [0, 0.1) is 0 Å². The van der Waals surface area contributed by atoms with E-state index in [1.807, 2.05) is 0 Å². The van der Waals surface area contributed by atoms with Crippen molar-refractivity contribution in [3.05, 3.63) is 42.5 Å². The number of aromatic nitrogens is 3. The molecule has 0 bridgehead atoms. The molecule has 1 amide bonds. The van der Waals surface area contributed by atoms with Crippen molar-refractivity contribution in [3.8, 4) is 5.69 Å². The van der Waals surface area contributed by atoms with Crippen LogP contribution in [-0.4, -0.2) is 70.5 Å². The molecule has 0 aliphatic carbocycles. The van der Waals surface area contributed by atoms with Crippen molar-refractivity contribution in [1.82, 2.24) is 30.3 Å². The Bertz CT molecular complexity index is 737. The minimum atomic E-state index is -4.41. The van der Waals surface area contributed by atoms with Gasteiger partial charge in [-0.05, 0) is 12.1 Å². The fourth-order valence-electron chi connectivity index (χ4n) is 2.81. The topological polar surface area (TPSA) is 75.1 Å². The Morgan fingerprint density at radius 3 is 2.57 bits per heavy atom. The van der Waals surface area contributed by atoms with Gasteiger partial charge in [0.2, 0.25) is 0 Å². The lowest BCUT2D eigenvalue weighted by Gasteiger charge is -2.35. The van der Waals surface area contributed by atoms with Gasteiger partial charge in [-0.15, -0.1) is 24.8 Å². The Kier molecular flexibility index (Phi) is 9.15. The zero-order valence-electron chi connectivity index (χ0n) is 14.7. The molecule has 3 rings (SSSR count). The molecule has 0 radical (unpaired) electrons. The Labute approximate surface area is 172 Å². The number of nitrogens with one attached hydrogen (secondary N) is 2. The molecular formula is C16H21Cl2F3N6O. The number of amides is 1. The molecular weight excluding hydrogens is 420 g/mol. The summed E-state index contributed by atoms with van der Waals surface area (Å²) in [4.78, 5) is 17.5. The van der Waals surface area contributed by atoms with Crippen molar-refractivity contribution in [2.45, 2.75) is 12.2 Å². The highest BCUT2D eigenvalue weighted by atomic mass is 35.5. The molecule has 1 aliphatic heterocycles. The first-order chi connectivity index (χ1) is 12.4. The van der Waals surface area contributed by atoms with Crippen LogP contribution in [0.4, 0.5) is 13.2 Å². The summed E-state index contributed by atoms with van der Waals surface area (Å²) < 4.78 is 41.5. The molecule has 28 heavy (non-hydrogen) atoms. The molecule has 1 fully saturated rings. The van der Waals surface area contributed by atoms with Crippen molar-refractivity contribution in [3.63, 3.8) is 0 Å². The SMILES string of the molecule is Cl.Cl.O=C(NCC(N1CCNCC1)C(F)(F)F)c1cnn(-c2cccnc2)c1. The molecule has 12 heteroatoms. The maximum Gasteiger partial charge on any atom is 0.405 e. The highest BCUT2D eigenvalue weighted by molar-refractivity contribution is 5.93. The molecule has 7 nitrogen and oxygen atoms in total. The van der Waals surface area contributed by atoms with Crippen LogP contribution in [0.15, 0.2) is 36.9 Å². The largest absolute Gasteiger partial charge is 0.405 e. The van der Waals surface area contributed by atoms with Gasteiger partial charge in [-0.3, -0.25) is 14.7 Å². The average molecular weight is 441 g/mol. The molecule has 0 saturated carbocycles. The summed E-state index contributed by atoms with van der Waals surface area (Å²) in [7, 11) is 0. The molecule has 3 heterocycles. The van der Waals surface area contributed by atoms with E-state index in [1.54, 1.807) is 24.5 Å². The molecule has 1 atom stereocenters. The van der Waals surface area contributed by atoms with E-state index in [-0.39, 0.29) is 30.4 Å². The zero-order chi connectivity index (χ0) is 18.6. The fraction of sp³-hybridized carbons (Fsp3) is 0.438. The van der Waals surface area contributed by atoms with Gasteiger partial charge in [0.1, 0.15) is 6.04 Å². The lowest BCUT2D eigenvalue weighted by Crippen LogP contribution is -2.57. The molecule has 0 aromatic carbocycles. The van der Waals surface area contributed by atoms with Crippen LogP contribution in [0.1, 0.15) is 10.4 Å². The maximum absolute atomic E-state index is 13.3. The summed E-state index contributed by atoms with van der Waals surface area (Å²) in [5, 5.41) is 9.44. The standard InChI is InChI=1S/C16H19F3N6O.2ClH/c17-16(18,19)14(24-6-4-20-5-7-24)10-22-15(26)12-8-23-25(11-12)13-2-1-3-21-9-13;;/h1-3,8-9,11,14,20H,4-7,10H2,(H,22,26);2*1H. The van der Waals surface area contributed by atoms with Crippen molar-refractivity contribution in [1.29, 1.82) is 0 Å². The number of halogens is 5. The van der Waals surface area contributed by atoms with Crippen molar-refractivity contribution in [2.24, 2.45) is 0 Å². The third-order valence-corrected chi connectivity index (χ3v) is 4.18. The molecule has 0 spiro atoms. The molecule has 1 unspecified atom stereocenters. The quantitative estimate of drug-likeness (QED) is 0.739. The summed E-state index contributed by atoms with van der Waals surface area (Å²) in [6.07, 6.45) is 1.53. The molecule has 2 aromatic heterocycles. The third kappa shape index (κ3) is 6.06. The van der Waals surface area contributed by atoms with Gasteiger partial charge in [-0.2, -0.15) is 18.3 Å². The number of alkyl halides is 3. The average Bonchev–Trinajstić information content (AvgIpc) is 3.12. The number of pyridine rings is 1. The number of nitrogens with zero attached hydrogens (tertiary/aromatic N) is 4. The normalized spacial score (nSPS) is 15.8. The van der Waals surface area contributed by atoms with E-state index in [0.29, 0.717) is 31.9 Å². The number of piperazine rings is 1. The number of hydrogen-bond donors (Lipinski definition) is 2. The van der Waals surface area contributed by atoms with Gasteiger partial charge in [-0.1, -0.05) is 0 Å². The van der Waals surface area contributed by atoms with E-state index in [9.17, 15) is 18.0 Å². The van der Waals surface area contributed by atoms with Crippen molar-refractivity contribution < 1.29 is 18.0 Å². The van der Waals surface area contributed by atoms with Gasteiger partial charge in [0.25, 0.3) is 5.91 Å². The number of carbonyl (C=O) groups excluding carboxylic acids is 1. The second-order valence-corrected chi connectivity index (χ2v) is 5.94. The van der Waals surface area contributed by atoms with E-state index >= 15 is 0 Å². The predicted molar refractivity (Wildman–Crippen MR) is 102 cm³/mol. The van der Waals surface area contributed by atoms with Crippen LogP contribution < -0.4 is 10.6 Å². The first-order valence-electron chi connectivity index (χ1n) is 8.20. The highest BCUT2D eigenvalue weighted by Crippen LogP contribution is 2.24. The summed E-state index contributed by atoms with van der Waals surface area (Å²) in [5.41, 5.74) is 0.843. The first kappa shape index (κ1) is 24.2. The summed E-state index contributed by atoms with van der Waals surface area (Å²) in [5.74, 6) is -0.593. The van der Waals surface area contributed by atoms with Crippen LogP contribution in [0.5, 0.6) is 0 Å². The number of carbonyl (C=O) groups is 1. The smallest absolute Gasteiger partial charge is 0.350 e. The van der Waals surface area contributed by atoms with Crippen LogP contribution in [0.25, 0.3) is 5.69 Å². The summed E-state index contributed by atoms with van der Waals surface area (Å²) >= 11 is 0. The summed E-state index contributed by atoms with van der Waals surface area (Å²) in [6, 6.07) is 1.77. The lowest BCUT2D eigenvalue weighted by molar-refractivity contribution is -0.183. The molecule has 1 aliphatic rings. The van der Waals surface area contributed by atoms with Gasteiger partial charge in [-0.25, -0.2) is 4.68 Å². The van der Waals surface area contributed by atoms with Gasteiger partial charge >= 0.3 is 6.18 Å². The van der Waals surface area contributed by atoms with Crippen LogP contribution in [0.3, 0.4) is 0 Å². The van der Waals surface area contributed by atoms with E-state index in [1.165, 1.54) is 22.0 Å². The Morgan fingerprint density at radius 1 is 1.25 bits per heavy atom. The monoisotopic (exact) mass is 440 g/mol. The van der Waals surface area contributed by atoms with Crippen LogP contribution in [-0.2, 0) is 0 Å². The number of hydrogen-bond acceptors (Lipinski definition) is 5. The van der Waals surface area contributed by atoms with E-state index in [4.69, 9.17) is 0 Å². The molecule has 156 valence electrons. The Morgan fingerprint density at radius 2 is 1.96 bits per heavy atom.